The van der Waals surface area contributed by atoms with E-state index in [9.17, 15) is 0 Å². The van der Waals surface area contributed by atoms with Crippen molar-refractivity contribution in [2.24, 2.45) is 0 Å². The summed E-state index contributed by atoms with van der Waals surface area (Å²) in [5.41, 5.74) is 0. The number of aliphatic hydroxyl groups is 2. The van der Waals surface area contributed by atoms with Gasteiger partial charge in [0.05, 0.1) is 0 Å². The lowest BCUT2D eigenvalue weighted by atomic mass is 11.7. The lowest BCUT2D eigenvalue weighted by molar-refractivity contribution is 0.336. The maximum absolute atomic E-state index is 7.92. The van der Waals surface area contributed by atoms with Crippen molar-refractivity contribution >= 4 is 9.52 Å². The van der Waals surface area contributed by atoms with E-state index in [0.29, 0.717) is 9.52 Å². The third kappa shape index (κ3) is 4.14. The minimum absolute atomic E-state index is 0.122. The topological polar surface area (TPSA) is 40.5 Å². The third-order valence-corrected chi connectivity index (χ3v) is 0.671. The Morgan fingerprint density at radius 3 is 1.60 bits per heavy atom. The van der Waals surface area contributed by atoms with Gasteiger partial charge in [-0.2, -0.15) is 0 Å². The Balaban J connectivity index is 2.19. The number of aliphatic hydroxyl groups excluding tert-OH is 2. The van der Waals surface area contributed by atoms with Crippen molar-refractivity contribution in [3.8, 4) is 0 Å². The van der Waals surface area contributed by atoms with Gasteiger partial charge in [-0.25, -0.2) is 0 Å². The van der Waals surface area contributed by atoms with Crippen LogP contribution in [0.25, 0.3) is 0 Å². The van der Waals surface area contributed by atoms with Gasteiger partial charge in [-0.15, -0.1) is 0 Å². The molecule has 0 saturated carbocycles. The second kappa shape index (κ2) is 4.14. The van der Waals surface area contributed by atoms with E-state index in [-0.39, 0.29) is 12.5 Å². The minimum atomic E-state index is 0.122. The van der Waals surface area contributed by atoms with Crippen LogP contribution in [-0.2, 0) is 0 Å². The molecule has 0 unspecified atom stereocenters. The molecule has 0 heterocycles. The maximum atomic E-state index is 7.92. The van der Waals surface area contributed by atoms with Gasteiger partial charge in [0.2, 0.25) is 0 Å². The van der Waals surface area contributed by atoms with Crippen LogP contribution in [0.2, 0.25) is 0 Å². The van der Waals surface area contributed by atoms with Gasteiger partial charge in [0.15, 0.2) is 0 Å². The largest absolute Gasteiger partial charge is 0.400 e. The molecule has 0 aromatic rings. The SMILES string of the molecule is OC[Si]CO. The van der Waals surface area contributed by atoms with Crippen molar-refractivity contribution in [3.05, 3.63) is 0 Å². The molecule has 0 aromatic heterocycles. The lowest BCUT2D eigenvalue weighted by Gasteiger charge is -1.77. The quantitative estimate of drug-likeness (QED) is 0.409. The van der Waals surface area contributed by atoms with Crippen LogP contribution in [0.3, 0.4) is 0 Å². The minimum Gasteiger partial charge on any atom is -0.400 e. The van der Waals surface area contributed by atoms with Gasteiger partial charge in [-0.1, -0.05) is 0 Å². The first-order valence-electron chi connectivity index (χ1n) is 1.34. The molecule has 0 fully saturated rings. The number of hydrogen-bond acceptors (Lipinski definition) is 2. The monoisotopic (exact) mass is 90.0 g/mol. The van der Waals surface area contributed by atoms with Crippen LogP contribution < -0.4 is 0 Å². The summed E-state index contributed by atoms with van der Waals surface area (Å²) in [6, 6.07) is 0. The van der Waals surface area contributed by atoms with Gasteiger partial charge in [0.1, 0.15) is 9.52 Å². The van der Waals surface area contributed by atoms with Crippen LogP contribution in [0.1, 0.15) is 0 Å². The molecule has 0 aliphatic rings. The molecule has 0 spiro atoms. The molecule has 2 nitrogen and oxygen atoms in total. The molecule has 5 heavy (non-hydrogen) atoms. The molecule has 0 aliphatic carbocycles. The molecular formula is C2H6O2Si. The van der Waals surface area contributed by atoms with Gasteiger partial charge < -0.3 is 10.2 Å². The molecule has 0 aliphatic heterocycles. The summed E-state index contributed by atoms with van der Waals surface area (Å²) in [5.74, 6) is 0. The zero-order chi connectivity index (χ0) is 4.12. The van der Waals surface area contributed by atoms with E-state index in [1.165, 1.54) is 0 Å². The van der Waals surface area contributed by atoms with Crippen LogP contribution >= 0.6 is 0 Å². The second-order valence-corrected chi connectivity index (χ2v) is 1.70. The first-order valence-corrected chi connectivity index (χ1v) is 2.75. The van der Waals surface area contributed by atoms with E-state index < -0.39 is 0 Å². The molecule has 2 radical (unpaired) electrons. The average molecular weight is 90.2 g/mol. The summed E-state index contributed by atoms with van der Waals surface area (Å²) in [6.07, 6.45) is 0.243. The summed E-state index contributed by atoms with van der Waals surface area (Å²) in [5, 5.41) is 15.8. The fourth-order valence-electron chi connectivity index (χ4n) is 0.0500. The Bertz CT molecular complexity index is 15.1. The maximum Gasteiger partial charge on any atom is 0.107 e. The molecule has 0 aromatic carbocycles. The first-order chi connectivity index (χ1) is 2.41. The number of hydrogen-bond donors (Lipinski definition) is 2. The van der Waals surface area contributed by atoms with Crippen LogP contribution in [-0.4, -0.2) is 32.2 Å². The first kappa shape index (κ1) is 5.14. The van der Waals surface area contributed by atoms with Crippen molar-refractivity contribution in [1.29, 1.82) is 0 Å². The zero-order valence-electron chi connectivity index (χ0n) is 2.81. The van der Waals surface area contributed by atoms with E-state index in [0.717, 1.165) is 0 Å². The highest BCUT2D eigenvalue weighted by atomic mass is 28.2. The van der Waals surface area contributed by atoms with Crippen molar-refractivity contribution in [2.45, 2.75) is 0 Å². The molecule has 3 heteroatoms. The highest BCUT2D eigenvalue weighted by molar-refractivity contribution is 6.34. The molecular weight excluding hydrogens is 84.1 g/mol. The summed E-state index contributed by atoms with van der Waals surface area (Å²) in [6.45, 7) is 0. The van der Waals surface area contributed by atoms with E-state index >= 15 is 0 Å². The highest BCUT2D eigenvalue weighted by Crippen LogP contribution is 1.46. The fourth-order valence-corrected chi connectivity index (χ4v) is 0.150. The van der Waals surface area contributed by atoms with Gasteiger partial charge in [-0.3, -0.25) is 0 Å². The van der Waals surface area contributed by atoms with E-state index in [1.54, 1.807) is 0 Å². The predicted molar refractivity (Wildman–Crippen MR) is 19.9 cm³/mol. The Morgan fingerprint density at radius 1 is 1.20 bits per heavy atom. The number of rotatable bonds is 2. The van der Waals surface area contributed by atoms with E-state index in [2.05, 4.69) is 0 Å². The molecule has 2 N–H and O–H groups in total. The Labute approximate surface area is 33.3 Å². The van der Waals surface area contributed by atoms with Crippen LogP contribution in [0.4, 0.5) is 0 Å². The smallest absolute Gasteiger partial charge is 0.107 e. The summed E-state index contributed by atoms with van der Waals surface area (Å²) >= 11 is 0. The van der Waals surface area contributed by atoms with Crippen LogP contribution in [0.5, 0.6) is 0 Å². The van der Waals surface area contributed by atoms with Crippen LogP contribution in [0, 0.1) is 0 Å². The Morgan fingerprint density at radius 2 is 1.60 bits per heavy atom. The molecule has 0 amide bonds. The van der Waals surface area contributed by atoms with Crippen molar-refractivity contribution < 1.29 is 10.2 Å². The Hall–Kier alpha value is 0.137. The van der Waals surface area contributed by atoms with Crippen molar-refractivity contribution in [2.75, 3.05) is 12.5 Å². The van der Waals surface area contributed by atoms with Gasteiger partial charge in [0, 0.05) is 12.5 Å². The Kier molecular flexibility index (Phi) is 4.25. The van der Waals surface area contributed by atoms with Gasteiger partial charge >= 0.3 is 0 Å². The molecule has 0 atom stereocenters. The van der Waals surface area contributed by atoms with Crippen molar-refractivity contribution in [1.82, 2.24) is 0 Å². The predicted octanol–water partition coefficient (Wildman–Crippen LogP) is -1.41. The normalized spacial score (nSPS) is 8.40. The van der Waals surface area contributed by atoms with Crippen molar-refractivity contribution in [3.63, 3.8) is 0 Å². The van der Waals surface area contributed by atoms with Gasteiger partial charge in [0.25, 0.3) is 0 Å². The van der Waals surface area contributed by atoms with Crippen LogP contribution in [0.15, 0.2) is 0 Å². The standard InChI is InChI=1S/C2H6O2Si/c3-1-5-2-4/h3-4H,1-2H2. The van der Waals surface area contributed by atoms with E-state index in [1.807, 2.05) is 0 Å². The highest BCUT2D eigenvalue weighted by Gasteiger charge is 1.73. The summed E-state index contributed by atoms with van der Waals surface area (Å²) in [7, 11) is 0.309. The second-order valence-electron chi connectivity index (χ2n) is 0.566. The lowest BCUT2D eigenvalue weighted by Crippen LogP contribution is -2.01. The molecule has 0 bridgehead atoms. The molecule has 0 rings (SSSR count). The molecule has 0 saturated heterocycles. The van der Waals surface area contributed by atoms with Gasteiger partial charge in [-0.05, 0) is 0 Å². The van der Waals surface area contributed by atoms with E-state index in [4.69, 9.17) is 10.2 Å². The fraction of sp³-hybridized carbons (Fsp3) is 1.00. The molecule has 30 valence electrons. The summed E-state index contributed by atoms with van der Waals surface area (Å²) in [4.78, 5) is 0. The third-order valence-electron chi connectivity index (χ3n) is 0.224. The average Bonchev–Trinajstić information content (AvgIpc) is 1.41. The zero-order valence-corrected chi connectivity index (χ0v) is 3.81. The summed E-state index contributed by atoms with van der Waals surface area (Å²) < 4.78 is 0.